The van der Waals surface area contributed by atoms with Gasteiger partial charge in [-0.15, -0.1) is 0 Å². The third kappa shape index (κ3) is 9.84. The quantitative estimate of drug-likeness (QED) is 0.0749. The zero-order chi connectivity index (χ0) is 32.4. The second-order valence-electron chi connectivity index (χ2n) is 11.2. The van der Waals surface area contributed by atoms with E-state index >= 15 is 0 Å². The minimum atomic E-state index is -1.60. The number of nitrogens with two attached hydrogens (primary N) is 4. The Hall–Kier alpha value is -3.33. The van der Waals surface area contributed by atoms with Gasteiger partial charge in [0.25, 0.3) is 0 Å². The lowest BCUT2D eigenvalue weighted by Crippen LogP contribution is -2.70. The molecule has 0 aliphatic carbocycles. The van der Waals surface area contributed by atoms with Crippen LogP contribution in [-0.2, 0) is 23.9 Å². The molecule has 3 heterocycles. The zero-order valence-corrected chi connectivity index (χ0v) is 24.4. The molecule has 19 nitrogen and oxygen atoms in total. The van der Waals surface area contributed by atoms with Gasteiger partial charge in [-0.05, 0) is 32.2 Å². The molecule has 3 aliphatic rings. The van der Waals surface area contributed by atoms with Gasteiger partial charge in [-0.2, -0.15) is 0 Å². The number of nitrogens with one attached hydrogen (secondary N) is 5. The number of hydrogen-bond acceptors (Lipinski definition) is 15. The maximum Gasteiger partial charge on any atom is 0.404 e. The maximum absolute atomic E-state index is 13.0. The molecule has 2 fully saturated rings. The fraction of sp³-hybridized carbons (Fsp3) is 0.800. The number of piperidine rings is 1. The standard InChI is InChI=1S/C25H46N10O9/c26-5-1-3-11(27)7-15(38)30-6-2-4-12(28)8-16(39)32-19-20(40)21(44-24(29)42)14(10-36)43-23(19)35-25-33-17-13(37)9-31-22(41)18(17)34-25/h11-14,17-21,23,36-37,40H,1-10,26-28H2,(H2,29,42)(H,30,38)(H,31,41)(H,32,39)(H2,33,34,35)/t11-,12-,13?,14+,17+,18-,19+,20-,21-,23+/m0/s1. The van der Waals surface area contributed by atoms with Crippen molar-refractivity contribution in [1.82, 2.24) is 26.6 Å². The molecular formula is C25H46N10O9. The van der Waals surface area contributed by atoms with Crippen LogP contribution in [0.1, 0.15) is 38.5 Å². The first-order valence-corrected chi connectivity index (χ1v) is 14.7. The molecule has 0 spiro atoms. The normalized spacial score (nSPS) is 31.0. The Labute approximate surface area is 254 Å². The lowest BCUT2D eigenvalue weighted by molar-refractivity contribution is -0.198. The van der Waals surface area contributed by atoms with Crippen LogP contribution in [0.5, 0.6) is 0 Å². The van der Waals surface area contributed by atoms with Crippen LogP contribution in [0, 0.1) is 0 Å². The zero-order valence-electron chi connectivity index (χ0n) is 24.4. The Morgan fingerprint density at radius 1 is 1.11 bits per heavy atom. The van der Waals surface area contributed by atoms with E-state index < -0.39 is 79.3 Å². The molecule has 44 heavy (non-hydrogen) atoms. The van der Waals surface area contributed by atoms with E-state index in [0.717, 1.165) is 6.42 Å². The van der Waals surface area contributed by atoms with E-state index in [1.54, 1.807) is 0 Å². The Bertz CT molecular complexity index is 1040. The SMILES string of the molecule is NCCC[C@H](N)CC(=O)NCCC[C@H](N)CC(=O)N[C@@H]1[C@H](O)[C@@H](OC(N)=O)[C@@H](CO)O[C@H]1NC1=N[C@@H]2C(=O)NCC(O)[C@H]2N1. The fourth-order valence-electron chi connectivity index (χ4n) is 5.31. The van der Waals surface area contributed by atoms with Crippen molar-refractivity contribution < 1.29 is 44.0 Å². The minimum absolute atomic E-state index is 0.0296. The van der Waals surface area contributed by atoms with Crippen LogP contribution < -0.4 is 49.5 Å². The number of guanidine groups is 1. The molecule has 19 heteroatoms. The summed E-state index contributed by atoms with van der Waals surface area (Å²) in [6.07, 6.45) is -5.37. The van der Waals surface area contributed by atoms with Crippen molar-refractivity contribution in [2.75, 3.05) is 26.2 Å². The first-order chi connectivity index (χ1) is 20.9. The van der Waals surface area contributed by atoms with Gasteiger partial charge < -0.3 is 74.3 Å². The Balaban J connectivity index is 1.57. The summed E-state index contributed by atoms with van der Waals surface area (Å²) in [7, 11) is 0. The molecule has 4 amide bonds. The van der Waals surface area contributed by atoms with Gasteiger partial charge in [0.15, 0.2) is 24.3 Å². The molecule has 0 radical (unpaired) electrons. The Morgan fingerprint density at radius 3 is 2.43 bits per heavy atom. The smallest absolute Gasteiger partial charge is 0.404 e. The number of fused-ring (bicyclic) bond motifs is 1. The summed E-state index contributed by atoms with van der Waals surface area (Å²) in [6, 6.07) is -3.79. The highest BCUT2D eigenvalue weighted by Crippen LogP contribution is 2.24. The van der Waals surface area contributed by atoms with Gasteiger partial charge in [0, 0.05) is 38.0 Å². The molecular weight excluding hydrogens is 584 g/mol. The van der Waals surface area contributed by atoms with Gasteiger partial charge in [-0.1, -0.05) is 0 Å². The molecule has 3 aliphatic heterocycles. The number of ether oxygens (including phenoxy) is 2. The highest BCUT2D eigenvalue weighted by Gasteiger charge is 2.49. The van der Waals surface area contributed by atoms with Crippen LogP contribution in [0.2, 0.25) is 0 Å². The van der Waals surface area contributed by atoms with E-state index in [4.69, 9.17) is 32.4 Å². The number of carbonyl (C=O) groups is 4. The van der Waals surface area contributed by atoms with Crippen LogP contribution >= 0.6 is 0 Å². The summed E-state index contributed by atoms with van der Waals surface area (Å²) in [4.78, 5) is 52.9. The van der Waals surface area contributed by atoms with E-state index in [9.17, 15) is 34.5 Å². The molecule has 0 bridgehead atoms. The largest absolute Gasteiger partial charge is 0.441 e. The Morgan fingerprint density at radius 2 is 1.80 bits per heavy atom. The van der Waals surface area contributed by atoms with E-state index in [1.807, 2.05) is 0 Å². The van der Waals surface area contributed by atoms with Crippen LogP contribution in [0.25, 0.3) is 0 Å². The summed E-state index contributed by atoms with van der Waals surface area (Å²) in [6.45, 7) is 0.203. The second kappa shape index (κ2) is 16.7. The number of primary amides is 1. The second-order valence-corrected chi connectivity index (χ2v) is 11.2. The highest BCUT2D eigenvalue weighted by atomic mass is 16.6. The van der Waals surface area contributed by atoms with Crippen molar-refractivity contribution in [1.29, 1.82) is 0 Å². The van der Waals surface area contributed by atoms with Gasteiger partial charge in [-0.25, -0.2) is 9.79 Å². The van der Waals surface area contributed by atoms with E-state index in [2.05, 4.69) is 31.6 Å². The number of aliphatic hydroxyl groups excluding tert-OH is 3. The lowest BCUT2D eigenvalue weighted by Gasteiger charge is -2.44. The third-order valence-electron chi connectivity index (χ3n) is 7.59. The number of aliphatic hydroxyl groups is 3. The number of nitrogens with zero attached hydrogens (tertiary/aromatic N) is 1. The number of carbonyl (C=O) groups excluding carboxylic acids is 4. The number of aliphatic imine (C=N–C) groups is 1. The average Bonchev–Trinajstić information content (AvgIpc) is 3.40. The van der Waals surface area contributed by atoms with Gasteiger partial charge in [0.2, 0.25) is 17.7 Å². The first-order valence-electron chi connectivity index (χ1n) is 14.7. The fourth-order valence-corrected chi connectivity index (χ4v) is 5.31. The molecule has 16 N–H and O–H groups in total. The van der Waals surface area contributed by atoms with Crippen molar-refractivity contribution in [2.24, 2.45) is 27.9 Å². The summed E-state index contributed by atoms with van der Waals surface area (Å²) < 4.78 is 10.8. The van der Waals surface area contributed by atoms with Crippen LogP contribution in [0.15, 0.2) is 4.99 Å². The van der Waals surface area contributed by atoms with Gasteiger partial charge >= 0.3 is 6.09 Å². The van der Waals surface area contributed by atoms with Crippen LogP contribution in [-0.4, -0.2) is 132 Å². The van der Waals surface area contributed by atoms with Crippen molar-refractivity contribution in [3.8, 4) is 0 Å². The van der Waals surface area contributed by atoms with Crippen molar-refractivity contribution in [3.05, 3.63) is 0 Å². The predicted molar refractivity (Wildman–Crippen MR) is 154 cm³/mol. The predicted octanol–water partition coefficient (Wildman–Crippen LogP) is -6.14. The number of amides is 4. The maximum atomic E-state index is 13.0. The number of hydrogen-bond donors (Lipinski definition) is 12. The number of rotatable bonds is 15. The summed E-state index contributed by atoms with van der Waals surface area (Å²) in [5.74, 6) is -1.12. The van der Waals surface area contributed by atoms with Gasteiger partial charge in [-0.3, -0.25) is 14.4 Å². The lowest BCUT2D eigenvalue weighted by atomic mass is 9.95. The molecule has 10 atom stereocenters. The monoisotopic (exact) mass is 630 g/mol. The van der Waals surface area contributed by atoms with Crippen LogP contribution in [0.3, 0.4) is 0 Å². The molecule has 3 rings (SSSR count). The van der Waals surface area contributed by atoms with E-state index in [-0.39, 0.29) is 37.3 Å². The molecule has 1 unspecified atom stereocenters. The van der Waals surface area contributed by atoms with E-state index in [1.165, 1.54) is 0 Å². The first kappa shape index (κ1) is 35.2. The number of β-amino-alcohol motifs (C(OH)–C–C–N with tert-alkyl or cyclic N) is 1. The molecule has 0 aromatic carbocycles. The van der Waals surface area contributed by atoms with Gasteiger partial charge in [0.05, 0.1) is 18.8 Å². The molecule has 250 valence electrons. The summed E-state index contributed by atoms with van der Waals surface area (Å²) in [5, 5.41) is 44.9. The van der Waals surface area contributed by atoms with E-state index in [0.29, 0.717) is 32.4 Å². The average molecular weight is 631 g/mol. The Kier molecular flexibility index (Phi) is 13.3. The topological polar surface area (TPSA) is 324 Å². The van der Waals surface area contributed by atoms with Crippen molar-refractivity contribution >= 4 is 29.8 Å². The van der Waals surface area contributed by atoms with Crippen molar-refractivity contribution in [3.63, 3.8) is 0 Å². The van der Waals surface area contributed by atoms with Crippen LogP contribution in [0.4, 0.5) is 4.79 Å². The van der Waals surface area contributed by atoms with Gasteiger partial charge in [0.1, 0.15) is 18.2 Å². The van der Waals surface area contributed by atoms with Crippen molar-refractivity contribution in [2.45, 2.75) is 99.4 Å². The molecule has 0 aromatic rings. The summed E-state index contributed by atoms with van der Waals surface area (Å²) in [5.41, 5.74) is 22.6. The summed E-state index contributed by atoms with van der Waals surface area (Å²) >= 11 is 0. The molecule has 0 saturated carbocycles. The molecule has 0 aromatic heterocycles. The third-order valence-corrected chi connectivity index (χ3v) is 7.59. The highest BCUT2D eigenvalue weighted by molar-refractivity contribution is 5.92. The minimum Gasteiger partial charge on any atom is -0.441 e. The molecule has 2 saturated heterocycles.